The van der Waals surface area contributed by atoms with Gasteiger partial charge in [-0.1, -0.05) is 111 Å². The average molecular weight is 625 g/mol. The van der Waals surface area contributed by atoms with Gasteiger partial charge in [0.25, 0.3) is 0 Å². The molecule has 4 rings (SSSR count). The van der Waals surface area contributed by atoms with Crippen molar-refractivity contribution in [2.75, 3.05) is 0 Å². The zero-order valence-corrected chi connectivity index (χ0v) is 31.1. The van der Waals surface area contributed by atoms with Crippen LogP contribution in [0.15, 0.2) is 12.2 Å². The summed E-state index contributed by atoms with van der Waals surface area (Å²) in [6.07, 6.45) is 35.9. The van der Waals surface area contributed by atoms with Gasteiger partial charge in [-0.15, -0.1) is 0 Å². The molecule has 0 aromatic heterocycles. The molecule has 0 saturated heterocycles. The second-order valence-corrected chi connectivity index (χ2v) is 17.6. The molecule has 0 heterocycles. The molecule has 0 radical (unpaired) electrons. The van der Waals surface area contributed by atoms with Gasteiger partial charge in [-0.05, 0) is 137 Å². The van der Waals surface area contributed by atoms with Crippen LogP contribution in [0.2, 0.25) is 0 Å². The molecule has 0 N–H and O–H groups in total. The van der Waals surface area contributed by atoms with Crippen molar-refractivity contribution in [1.82, 2.24) is 0 Å². The Hall–Kier alpha value is -0.790. The summed E-state index contributed by atoms with van der Waals surface area (Å²) in [5, 5.41) is 0. The Morgan fingerprint density at radius 1 is 0.756 bits per heavy atom. The van der Waals surface area contributed by atoms with E-state index in [1.807, 2.05) is 0 Å². The quantitative estimate of drug-likeness (QED) is 0.0812. The summed E-state index contributed by atoms with van der Waals surface area (Å²) in [6.45, 7) is 14.9. The van der Waals surface area contributed by atoms with E-state index in [0.717, 1.165) is 54.3 Å². The zero-order chi connectivity index (χ0) is 32.3. The van der Waals surface area contributed by atoms with Gasteiger partial charge in [-0.25, -0.2) is 0 Å². The minimum atomic E-state index is 0.104. The second-order valence-electron chi connectivity index (χ2n) is 17.6. The Labute approximate surface area is 281 Å². The van der Waals surface area contributed by atoms with Gasteiger partial charge in [0, 0.05) is 11.8 Å². The molecule has 9 atom stereocenters. The number of allylic oxidation sites excluding steroid dienone is 2. The Kier molecular flexibility index (Phi) is 14.9. The van der Waals surface area contributed by atoms with E-state index in [-0.39, 0.29) is 17.5 Å². The molecule has 4 aliphatic carbocycles. The highest BCUT2D eigenvalue weighted by molar-refractivity contribution is 5.69. The topological polar surface area (TPSA) is 26.3 Å². The van der Waals surface area contributed by atoms with Crippen LogP contribution in [0.5, 0.6) is 0 Å². The Balaban J connectivity index is 1.22. The molecular weight excluding hydrogens is 548 g/mol. The van der Waals surface area contributed by atoms with Crippen molar-refractivity contribution >= 4 is 5.97 Å². The monoisotopic (exact) mass is 625 g/mol. The molecule has 2 nitrogen and oxygen atoms in total. The predicted molar refractivity (Wildman–Crippen MR) is 193 cm³/mol. The lowest BCUT2D eigenvalue weighted by Crippen LogP contribution is -2.58. The maximum atomic E-state index is 13.2. The van der Waals surface area contributed by atoms with Crippen molar-refractivity contribution in [2.45, 2.75) is 202 Å². The van der Waals surface area contributed by atoms with Crippen LogP contribution in [0.1, 0.15) is 196 Å². The average Bonchev–Trinajstić information content (AvgIpc) is 3.37. The van der Waals surface area contributed by atoms with E-state index in [2.05, 4.69) is 53.7 Å². The summed E-state index contributed by atoms with van der Waals surface area (Å²) < 4.78 is 6.53. The minimum absolute atomic E-state index is 0.104. The first-order valence-corrected chi connectivity index (χ1v) is 20.6. The predicted octanol–water partition coefficient (Wildman–Crippen LogP) is 13.3. The fraction of sp³-hybridized carbons (Fsp3) is 0.930. The molecule has 4 fully saturated rings. The lowest BCUT2D eigenvalue weighted by molar-refractivity contribution is -0.192. The molecule has 0 spiro atoms. The third kappa shape index (κ3) is 9.43. The lowest BCUT2D eigenvalue weighted by atomic mass is 9.44. The number of esters is 1. The van der Waals surface area contributed by atoms with Gasteiger partial charge in [-0.2, -0.15) is 0 Å². The third-order valence-corrected chi connectivity index (χ3v) is 14.3. The first-order valence-electron chi connectivity index (χ1n) is 20.6. The molecule has 0 amide bonds. The van der Waals surface area contributed by atoms with Crippen LogP contribution >= 0.6 is 0 Å². The number of carbonyl (C=O) groups is 1. The van der Waals surface area contributed by atoms with E-state index in [9.17, 15) is 4.79 Å². The highest BCUT2D eigenvalue weighted by Gasteiger charge is 2.62. The Bertz CT molecular complexity index is 890. The van der Waals surface area contributed by atoms with Crippen LogP contribution in [0, 0.1) is 52.3 Å². The standard InChI is InChI=1S/C43H76O2/c1-7-8-9-10-11-12-13-14-15-16-17-18-19-26-41(44)45-40-25-21-24-35-27-28-36-38-30-29-37(34(4)23-20-22-33(2)3)42(38,5)32-31-39(36)43(35,40)6/h12-13,33-40H,7-11,14-32H2,1-6H3/t34-,35?,36+,37-,38+,39+,40?,42-,43+/m1/s1. The number of hydrogen-bond acceptors (Lipinski definition) is 2. The molecule has 0 aromatic carbocycles. The summed E-state index contributed by atoms with van der Waals surface area (Å²) in [6, 6.07) is 0. The second kappa shape index (κ2) is 18.1. The van der Waals surface area contributed by atoms with Crippen LogP contribution < -0.4 is 0 Å². The van der Waals surface area contributed by atoms with Gasteiger partial charge in [0.15, 0.2) is 0 Å². The summed E-state index contributed by atoms with van der Waals surface area (Å²) in [5.74, 6) is 5.98. The minimum Gasteiger partial charge on any atom is -0.462 e. The molecule has 0 aliphatic heterocycles. The van der Waals surface area contributed by atoms with E-state index >= 15 is 0 Å². The number of fused-ring (bicyclic) bond motifs is 5. The number of ether oxygens (including phenoxy) is 1. The SMILES string of the molecule is CCCCCCC=CCCCCCCCC(=O)OC1CCCC2CC[C@@H]3[C@H](CC[C@]4(C)[C@@H]([C@H](C)CCCC(C)C)CC[C@@H]34)[C@]21C. The molecule has 260 valence electrons. The van der Waals surface area contributed by atoms with Gasteiger partial charge in [0.2, 0.25) is 0 Å². The molecular formula is C43H76O2. The molecule has 4 saturated carbocycles. The molecule has 4 aliphatic rings. The maximum absolute atomic E-state index is 13.2. The fourth-order valence-corrected chi connectivity index (χ4v) is 11.7. The number of unbranched alkanes of at least 4 members (excludes halogenated alkanes) is 9. The smallest absolute Gasteiger partial charge is 0.306 e. The fourth-order valence-electron chi connectivity index (χ4n) is 11.7. The highest BCUT2D eigenvalue weighted by atomic mass is 16.5. The van der Waals surface area contributed by atoms with Gasteiger partial charge >= 0.3 is 5.97 Å². The maximum Gasteiger partial charge on any atom is 0.306 e. The van der Waals surface area contributed by atoms with Crippen LogP contribution in [-0.2, 0) is 9.53 Å². The summed E-state index contributed by atoms with van der Waals surface area (Å²) in [5.41, 5.74) is 0.732. The van der Waals surface area contributed by atoms with Gasteiger partial charge in [0.05, 0.1) is 0 Å². The van der Waals surface area contributed by atoms with E-state index < -0.39 is 0 Å². The van der Waals surface area contributed by atoms with Crippen molar-refractivity contribution in [2.24, 2.45) is 52.3 Å². The molecule has 0 aromatic rings. The first kappa shape index (κ1) is 37.0. The van der Waals surface area contributed by atoms with Crippen LogP contribution in [0.25, 0.3) is 0 Å². The van der Waals surface area contributed by atoms with E-state index in [0.29, 0.717) is 11.8 Å². The van der Waals surface area contributed by atoms with Gasteiger partial charge in [0.1, 0.15) is 6.10 Å². The van der Waals surface area contributed by atoms with E-state index in [1.165, 1.54) is 135 Å². The number of hydrogen-bond donors (Lipinski definition) is 0. The third-order valence-electron chi connectivity index (χ3n) is 14.3. The molecule has 2 heteroatoms. The van der Waals surface area contributed by atoms with Crippen molar-refractivity contribution in [3.05, 3.63) is 12.2 Å². The van der Waals surface area contributed by atoms with Gasteiger partial charge in [-0.3, -0.25) is 4.79 Å². The molecule has 2 unspecified atom stereocenters. The largest absolute Gasteiger partial charge is 0.462 e. The van der Waals surface area contributed by atoms with Crippen LogP contribution in [-0.4, -0.2) is 12.1 Å². The van der Waals surface area contributed by atoms with Crippen LogP contribution in [0.3, 0.4) is 0 Å². The van der Waals surface area contributed by atoms with Crippen molar-refractivity contribution in [1.29, 1.82) is 0 Å². The lowest BCUT2D eigenvalue weighted by Gasteiger charge is -2.62. The van der Waals surface area contributed by atoms with E-state index in [4.69, 9.17) is 4.74 Å². The van der Waals surface area contributed by atoms with Crippen molar-refractivity contribution in [3.8, 4) is 0 Å². The Morgan fingerprint density at radius 3 is 2.20 bits per heavy atom. The summed E-state index contributed by atoms with van der Waals surface area (Å²) >= 11 is 0. The molecule has 45 heavy (non-hydrogen) atoms. The normalized spacial score (nSPS) is 35.3. The number of rotatable bonds is 19. The Morgan fingerprint density at radius 2 is 1.47 bits per heavy atom. The summed E-state index contributed by atoms with van der Waals surface area (Å²) in [4.78, 5) is 13.2. The van der Waals surface area contributed by atoms with Crippen LogP contribution in [0.4, 0.5) is 0 Å². The first-order chi connectivity index (χ1) is 21.7. The highest BCUT2D eigenvalue weighted by Crippen LogP contribution is 2.68. The van der Waals surface area contributed by atoms with Crippen molar-refractivity contribution in [3.63, 3.8) is 0 Å². The molecule has 0 bridgehead atoms. The number of carbonyl (C=O) groups excluding carboxylic acids is 1. The van der Waals surface area contributed by atoms with Gasteiger partial charge < -0.3 is 4.74 Å². The summed E-state index contributed by atoms with van der Waals surface area (Å²) in [7, 11) is 0. The van der Waals surface area contributed by atoms with E-state index in [1.54, 1.807) is 0 Å². The zero-order valence-electron chi connectivity index (χ0n) is 31.1. The van der Waals surface area contributed by atoms with Crippen molar-refractivity contribution < 1.29 is 9.53 Å².